The molecule has 2 atom stereocenters. The molecule has 0 amide bonds. The number of thiazole rings is 1. The van der Waals surface area contributed by atoms with Crippen LogP contribution in [0.1, 0.15) is 21.1 Å². The fourth-order valence-electron chi connectivity index (χ4n) is 2.55. The topological polar surface area (TPSA) is 60.2 Å². The van der Waals surface area contributed by atoms with Gasteiger partial charge in [0.2, 0.25) is 0 Å². The number of nitrogens with zero attached hydrogens (tertiary/aromatic N) is 1. The number of nitrogens with two attached hydrogens (primary N) is 1. The monoisotopic (exact) mass is 289 g/mol. The molecule has 1 aromatic carbocycles. The maximum absolute atomic E-state index is 6.00. The van der Waals surface area contributed by atoms with Gasteiger partial charge in [-0.3, -0.25) is 11.3 Å². The molecule has 3 rings (SSSR count). The lowest BCUT2D eigenvalue weighted by Crippen LogP contribution is -2.47. The molecule has 0 fully saturated rings. The third kappa shape index (κ3) is 2.57. The normalized spacial score (nSPS) is 18.6. The number of rotatable bonds is 4. The van der Waals surface area contributed by atoms with Crippen molar-refractivity contribution in [2.24, 2.45) is 5.84 Å². The van der Waals surface area contributed by atoms with Crippen molar-refractivity contribution < 1.29 is 4.74 Å². The number of ether oxygens (including phenoxy) is 1. The van der Waals surface area contributed by atoms with E-state index in [1.54, 1.807) is 11.3 Å². The van der Waals surface area contributed by atoms with Gasteiger partial charge in [-0.15, -0.1) is 11.3 Å². The van der Waals surface area contributed by atoms with Crippen LogP contribution in [0.4, 0.5) is 0 Å². The van der Waals surface area contributed by atoms with Crippen molar-refractivity contribution in [2.75, 3.05) is 0 Å². The Bertz CT molecular complexity index is 566. The molecule has 1 aliphatic heterocycles. The molecule has 0 aliphatic carbocycles. The smallest absolute Gasteiger partial charge is 0.123 e. The fraction of sp³-hybridized carbons (Fsp3) is 0.400. The van der Waals surface area contributed by atoms with Crippen LogP contribution >= 0.6 is 11.3 Å². The Morgan fingerprint density at radius 2 is 2.25 bits per heavy atom. The van der Waals surface area contributed by atoms with Gasteiger partial charge in [0.1, 0.15) is 11.9 Å². The van der Waals surface area contributed by atoms with E-state index < -0.39 is 0 Å². The molecule has 0 saturated heterocycles. The zero-order valence-corrected chi connectivity index (χ0v) is 12.5. The van der Waals surface area contributed by atoms with Gasteiger partial charge >= 0.3 is 0 Å². The number of aromatic nitrogens is 1. The van der Waals surface area contributed by atoms with Gasteiger partial charge in [0, 0.05) is 17.7 Å². The first kappa shape index (κ1) is 13.5. The third-order valence-electron chi connectivity index (χ3n) is 3.80. The molecule has 1 aromatic heterocycles. The number of hydrazine groups is 1. The SMILES string of the molecule is Cc1nc(CC(NN)C2Cc3ccccc3O2)sc1C. The number of benzene rings is 1. The molecule has 3 N–H and O–H groups in total. The largest absolute Gasteiger partial charge is 0.488 e. The number of nitrogens with one attached hydrogen (secondary N) is 1. The van der Waals surface area contributed by atoms with Crippen LogP contribution in [-0.2, 0) is 12.8 Å². The minimum absolute atomic E-state index is 0.0712. The molecule has 2 heterocycles. The van der Waals surface area contributed by atoms with Gasteiger partial charge in [-0.05, 0) is 25.5 Å². The van der Waals surface area contributed by atoms with Crippen LogP contribution in [0.2, 0.25) is 0 Å². The van der Waals surface area contributed by atoms with E-state index >= 15 is 0 Å². The summed E-state index contributed by atoms with van der Waals surface area (Å²) < 4.78 is 6.00. The van der Waals surface area contributed by atoms with Crippen LogP contribution in [0.3, 0.4) is 0 Å². The molecule has 0 saturated carbocycles. The Kier molecular flexibility index (Phi) is 3.74. The van der Waals surface area contributed by atoms with Gasteiger partial charge in [0.15, 0.2) is 0 Å². The van der Waals surface area contributed by atoms with Crippen molar-refractivity contribution in [3.63, 3.8) is 0 Å². The zero-order valence-electron chi connectivity index (χ0n) is 11.7. The van der Waals surface area contributed by atoms with E-state index in [1.807, 2.05) is 25.1 Å². The fourth-order valence-corrected chi connectivity index (χ4v) is 3.54. The van der Waals surface area contributed by atoms with Crippen LogP contribution < -0.4 is 16.0 Å². The highest BCUT2D eigenvalue weighted by molar-refractivity contribution is 7.11. The third-order valence-corrected chi connectivity index (χ3v) is 4.90. The van der Waals surface area contributed by atoms with Crippen molar-refractivity contribution in [3.8, 4) is 5.75 Å². The lowest BCUT2D eigenvalue weighted by atomic mass is 10.0. The molecular weight excluding hydrogens is 270 g/mol. The predicted octanol–water partition coefficient (Wildman–Crippen LogP) is 2.14. The molecule has 0 bridgehead atoms. The van der Waals surface area contributed by atoms with Crippen LogP contribution in [0.15, 0.2) is 24.3 Å². The van der Waals surface area contributed by atoms with Crippen molar-refractivity contribution in [2.45, 2.75) is 38.8 Å². The Labute approximate surface area is 123 Å². The summed E-state index contributed by atoms with van der Waals surface area (Å²) in [5, 5.41) is 1.11. The van der Waals surface area contributed by atoms with E-state index in [-0.39, 0.29) is 12.1 Å². The average molecular weight is 289 g/mol. The highest BCUT2D eigenvalue weighted by Crippen LogP contribution is 2.30. The van der Waals surface area contributed by atoms with Crippen LogP contribution in [-0.4, -0.2) is 17.1 Å². The summed E-state index contributed by atoms with van der Waals surface area (Å²) >= 11 is 1.74. The molecule has 2 unspecified atom stereocenters. The van der Waals surface area contributed by atoms with Gasteiger partial charge in [-0.2, -0.15) is 0 Å². The molecule has 0 radical (unpaired) electrons. The van der Waals surface area contributed by atoms with Crippen molar-refractivity contribution in [1.29, 1.82) is 0 Å². The minimum atomic E-state index is 0.0712. The van der Waals surface area contributed by atoms with E-state index in [0.717, 1.165) is 29.3 Å². The molecule has 0 spiro atoms. The van der Waals surface area contributed by atoms with Gasteiger partial charge in [-0.1, -0.05) is 18.2 Å². The maximum Gasteiger partial charge on any atom is 0.123 e. The van der Waals surface area contributed by atoms with Crippen molar-refractivity contribution in [3.05, 3.63) is 45.4 Å². The summed E-state index contributed by atoms with van der Waals surface area (Å²) in [5.41, 5.74) is 5.26. The van der Waals surface area contributed by atoms with Crippen molar-refractivity contribution in [1.82, 2.24) is 10.4 Å². The molecule has 4 nitrogen and oxygen atoms in total. The number of hydrogen-bond donors (Lipinski definition) is 2. The molecule has 5 heteroatoms. The standard InChI is InChI=1S/C15H19N3OS/c1-9-10(2)20-15(17-9)8-12(18-16)14-7-11-5-3-4-6-13(11)19-14/h3-6,12,14,18H,7-8,16H2,1-2H3. The second-order valence-corrected chi connectivity index (χ2v) is 6.48. The summed E-state index contributed by atoms with van der Waals surface area (Å²) in [6.45, 7) is 4.14. The molecule has 1 aliphatic rings. The summed E-state index contributed by atoms with van der Waals surface area (Å²) in [6, 6.07) is 8.25. The van der Waals surface area contributed by atoms with Gasteiger partial charge in [-0.25, -0.2) is 4.98 Å². The molecule has 106 valence electrons. The number of fused-ring (bicyclic) bond motifs is 1. The van der Waals surface area contributed by atoms with E-state index in [0.29, 0.717) is 0 Å². The zero-order chi connectivity index (χ0) is 14.1. The first-order valence-corrected chi connectivity index (χ1v) is 7.62. The van der Waals surface area contributed by atoms with Gasteiger partial charge < -0.3 is 4.74 Å². The number of para-hydroxylation sites is 1. The predicted molar refractivity (Wildman–Crippen MR) is 81.0 cm³/mol. The Hall–Kier alpha value is -1.43. The van der Waals surface area contributed by atoms with Crippen LogP contribution in [0.25, 0.3) is 0 Å². The second-order valence-electron chi connectivity index (χ2n) is 5.19. The van der Waals surface area contributed by atoms with Crippen LogP contribution in [0, 0.1) is 13.8 Å². The summed E-state index contributed by atoms with van der Waals surface area (Å²) in [6.07, 6.45) is 1.77. The molecule has 20 heavy (non-hydrogen) atoms. The quantitative estimate of drug-likeness (QED) is 0.669. The van der Waals surface area contributed by atoms with E-state index in [2.05, 4.69) is 23.4 Å². The van der Waals surface area contributed by atoms with Crippen molar-refractivity contribution >= 4 is 11.3 Å². The van der Waals surface area contributed by atoms with Gasteiger partial charge in [0.05, 0.1) is 16.7 Å². The number of aryl methyl sites for hydroxylation is 2. The summed E-state index contributed by atoms with van der Waals surface area (Å²) in [5.74, 6) is 6.70. The Balaban J connectivity index is 1.72. The molecule has 2 aromatic rings. The summed E-state index contributed by atoms with van der Waals surface area (Å²) in [7, 11) is 0. The molecular formula is C15H19N3OS. The highest BCUT2D eigenvalue weighted by atomic mass is 32.1. The minimum Gasteiger partial charge on any atom is -0.488 e. The first-order chi connectivity index (χ1) is 9.67. The Morgan fingerprint density at radius 1 is 1.45 bits per heavy atom. The lowest BCUT2D eigenvalue weighted by molar-refractivity contribution is 0.177. The maximum atomic E-state index is 6.00. The Morgan fingerprint density at radius 3 is 2.90 bits per heavy atom. The lowest BCUT2D eigenvalue weighted by Gasteiger charge is -2.21. The van der Waals surface area contributed by atoms with E-state index in [1.165, 1.54) is 10.4 Å². The number of hydrogen-bond acceptors (Lipinski definition) is 5. The first-order valence-electron chi connectivity index (χ1n) is 6.81. The van der Waals surface area contributed by atoms with Crippen LogP contribution in [0.5, 0.6) is 5.75 Å². The average Bonchev–Trinajstić information content (AvgIpc) is 3.00. The highest BCUT2D eigenvalue weighted by Gasteiger charge is 2.30. The summed E-state index contributed by atoms with van der Waals surface area (Å²) in [4.78, 5) is 5.86. The second kappa shape index (κ2) is 5.52. The van der Waals surface area contributed by atoms with E-state index in [4.69, 9.17) is 10.6 Å². The van der Waals surface area contributed by atoms with Gasteiger partial charge in [0.25, 0.3) is 0 Å². The van der Waals surface area contributed by atoms with E-state index in [9.17, 15) is 0 Å².